The van der Waals surface area contributed by atoms with Crippen LogP contribution in [0.3, 0.4) is 0 Å². The summed E-state index contributed by atoms with van der Waals surface area (Å²) in [5.74, 6) is 0. The quantitative estimate of drug-likeness (QED) is 0.684. The Hall–Kier alpha value is -1.16. The van der Waals surface area contributed by atoms with Gasteiger partial charge in [0.05, 0.1) is 26.4 Å². The van der Waals surface area contributed by atoms with Gasteiger partial charge in [-0.05, 0) is 12.1 Å². The minimum Gasteiger partial charge on any atom is -0.295 e. The average Bonchev–Trinajstić information content (AvgIpc) is 2.35. The van der Waals surface area contributed by atoms with Gasteiger partial charge in [0.2, 0.25) is 0 Å². The van der Waals surface area contributed by atoms with Crippen LogP contribution in [0.4, 0.5) is 16.2 Å². The van der Waals surface area contributed by atoms with Gasteiger partial charge in [0.1, 0.15) is 0 Å². The molecule has 3 rings (SSSR count). The molecule has 1 aliphatic heterocycles. The number of nitrogens with zero attached hydrogens (tertiary/aromatic N) is 2. The number of amides is 2. The number of hydrogen-bond donors (Lipinski definition) is 0. The van der Waals surface area contributed by atoms with Crippen molar-refractivity contribution >= 4 is 63.0 Å². The van der Waals surface area contributed by atoms with Gasteiger partial charge in [0, 0.05) is 24.9 Å². The van der Waals surface area contributed by atoms with E-state index in [4.69, 9.17) is 34.8 Å². The Balaban J connectivity index is 2.59. The minimum atomic E-state index is -0.189. The number of carbonyl (C=O) groups excluding carboxylic acids is 1. The van der Waals surface area contributed by atoms with Gasteiger partial charge in [0.25, 0.3) is 0 Å². The van der Waals surface area contributed by atoms with Crippen molar-refractivity contribution < 1.29 is 4.79 Å². The predicted molar refractivity (Wildman–Crippen MR) is 81.2 cm³/mol. The smallest absolute Gasteiger partial charge is 0.295 e. The minimum absolute atomic E-state index is 0.189. The summed E-state index contributed by atoms with van der Waals surface area (Å²) in [7, 11) is 3.36. The van der Waals surface area contributed by atoms with E-state index in [2.05, 4.69) is 0 Å². The molecule has 3 nitrogen and oxygen atoms in total. The Morgan fingerprint density at radius 3 is 2.11 bits per heavy atom. The van der Waals surface area contributed by atoms with Crippen LogP contribution >= 0.6 is 34.8 Å². The fourth-order valence-electron chi connectivity index (χ4n) is 2.45. The summed E-state index contributed by atoms with van der Waals surface area (Å²) in [5, 5.41) is 3.10. The van der Waals surface area contributed by atoms with E-state index in [-0.39, 0.29) is 6.03 Å². The maximum atomic E-state index is 12.2. The number of benzene rings is 2. The van der Waals surface area contributed by atoms with Gasteiger partial charge in [-0.15, -0.1) is 0 Å². The van der Waals surface area contributed by atoms with Crippen LogP contribution in [0.15, 0.2) is 18.2 Å². The number of rotatable bonds is 0. The van der Waals surface area contributed by atoms with Gasteiger partial charge in [-0.3, -0.25) is 9.80 Å². The maximum Gasteiger partial charge on any atom is 0.328 e. The Morgan fingerprint density at radius 2 is 1.47 bits per heavy atom. The van der Waals surface area contributed by atoms with Crippen LogP contribution in [0.2, 0.25) is 15.1 Å². The van der Waals surface area contributed by atoms with Gasteiger partial charge < -0.3 is 0 Å². The molecule has 0 atom stereocenters. The van der Waals surface area contributed by atoms with E-state index in [0.29, 0.717) is 26.4 Å². The number of halogens is 3. The number of carbonyl (C=O) groups is 1. The highest BCUT2D eigenvalue weighted by Gasteiger charge is 2.31. The van der Waals surface area contributed by atoms with Gasteiger partial charge >= 0.3 is 6.03 Å². The average molecular weight is 316 g/mol. The molecular formula is C13H9Cl3N2O. The first-order chi connectivity index (χ1) is 8.93. The Labute approximate surface area is 125 Å². The molecule has 2 amide bonds. The van der Waals surface area contributed by atoms with E-state index >= 15 is 0 Å². The molecule has 0 unspecified atom stereocenters. The second-order valence-corrected chi connectivity index (χ2v) is 5.63. The van der Waals surface area contributed by atoms with Crippen LogP contribution in [-0.2, 0) is 0 Å². The molecule has 98 valence electrons. The zero-order valence-electron chi connectivity index (χ0n) is 10.2. The zero-order valence-corrected chi connectivity index (χ0v) is 12.4. The first-order valence-electron chi connectivity index (χ1n) is 5.55. The van der Waals surface area contributed by atoms with Crippen molar-refractivity contribution in [3.8, 4) is 0 Å². The first kappa shape index (κ1) is 12.9. The number of hydrogen-bond acceptors (Lipinski definition) is 1. The van der Waals surface area contributed by atoms with E-state index < -0.39 is 0 Å². The molecule has 1 aliphatic rings. The van der Waals surface area contributed by atoms with Crippen LogP contribution in [0.1, 0.15) is 0 Å². The fourth-order valence-corrected chi connectivity index (χ4v) is 3.39. The highest BCUT2D eigenvalue weighted by atomic mass is 35.5. The van der Waals surface area contributed by atoms with Crippen LogP contribution < -0.4 is 9.80 Å². The van der Waals surface area contributed by atoms with E-state index in [1.807, 2.05) is 6.07 Å². The van der Waals surface area contributed by atoms with Crippen molar-refractivity contribution in [1.29, 1.82) is 0 Å². The highest BCUT2D eigenvalue weighted by molar-refractivity contribution is 6.45. The Morgan fingerprint density at radius 1 is 0.895 bits per heavy atom. The van der Waals surface area contributed by atoms with E-state index in [1.54, 1.807) is 26.2 Å². The second-order valence-electron chi connectivity index (χ2n) is 4.41. The molecule has 2 aromatic rings. The summed E-state index contributed by atoms with van der Waals surface area (Å²) in [6.45, 7) is 0. The van der Waals surface area contributed by atoms with E-state index in [1.165, 1.54) is 9.80 Å². The second kappa shape index (κ2) is 4.17. The van der Waals surface area contributed by atoms with Gasteiger partial charge in [-0.1, -0.05) is 40.9 Å². The van der Waals surface area contributed by atoms with E-state index in [0.717, 1.165) is 10.8 Å². The number of urea groups is 1. The topological polar surface area (TPSA) is 23.6 Å². The lowest BCUT2D eigenvalue weighted by Gasteiger charge is -2.34. The molecule has 0 aromatic heterocycles. The summed E-state index contributed by atoms with van der Waals surface area (Å²) in [4.78, 5) is 15.2. The molecule has 0 aliphatic carbocycles. The zero-order chi connectivity index (χ0) is 13.9. The van der Waals surface area contributed by atoms with Crippen molar-refractivity contribution in [2.45, 2.75) is 0 Å². The lowest BCUT2D eigenvalue weighted by Crippen LogP contribution is -2.42. The van der Waals surface area contributed by atoms with Crippen molar-refractivity contribution in [3.63, 3.8) is 0 Å². The number of anilines is 2. The fraction of sp³-hybridized carbons (Fsp3) is 0.154. The lowest BCUT2D eigenvalue weighted by molar-refractivity contribution is 0.253. The van der Waals surface area contributed by atoms with Gasteiger partial charge in [0.15, 0.2) is 0 Å². The summed E-state index contributed by atoms with van der Waals surface area (Å²) in [6, 6.07) is 5.03. The standard InChI is InChI=1S/C13H9Cl3N2O/c1-17-11-7(14)4-3-6-8(15)5-9(16)12(10(6)11)18(2)13(17)19/h3-5H,1-2H3. The normalized spacial score (nSPS) is 14.5. The summed E-state index contributed by atoms with van der Waals surface area (Å²) < 4.78 is 0. The lowest BCUT2D eigenvalue weighted by atomic mass is 10.0. The molecule has 0 saturated heterocycles. The highest BCUT2D eigenvalue weighted by Crippen LogP contribution is 2.48. The molecule has 0 bridgehead atoms. The third-order valence-electron chi connectivity index (χ3n) is 3.35. The molecule has 2 aromatic carbocycles. The van der Waals surface area contributed by atoms with Crippen molar-refractivity contribution in [3.05, 3.63) is 33.3 Å². The monoisotopic (exact) mass is 314 g/mol. The largest absolute Gasteiger partial charge is 0.328 e. The molecule has 0 radical (unpaired) electrons. The van der Waals surface area contributed by atoms with Gasteiger partial charge in [-0.25, -0.2) is 4.79 Å². The Kier molecular flexibility index (Phi) is 2.82. The third-order valence-corrected chi connectivity index (χ3v) is 4.25. The molecule has 0 fully saturated rings. The molecule has 0 N–H and O–H groups in total. The summed E-state index contributed by atoms with van der Waals surface area (Å²) in [5.41, 5.74) is 1.28. The van der Waals surface area contributed by atoms with Crippen LogP contribution in [0.5, 0.6) is 0 Å². The molecule has 0 saturated carbocycles. The Bertz CT molecular complexity index is 711. The SMILES string of the molecule is CN1C(=O)N(C)c2c(Cl)cc(Cl)c3ccc(Cl)c1c23. The van der Waals surface area contributed by atoms with Crippen LogP contribution in [0.25, 0.3) is 10.8 Å². The van der Waals surface area contributed by atoms with Crippen molar-refractivity contribution in [1.82, 2.24) is 0 Å². The van der Waals surface area contributed by atoms with Crippen molar-refractivity contribution in [2.24, 2.45) is 0 Å². The van der Waals surface area contributed by atoms with Crippen molar-refractivity contribution in [2.75, 3.05) is 23.9 Å². The van der Waals surface area contributed by atoms with Crippen LogP contribution in [-0.4, -0.2) is 20.1 Å². The predicted octanol–water partition coefficient (Wildman–Crippen LogP) is 4.81. The maximum absolute atomic E-state index is 12.2. The van der Waals surface area contributed by atoms with Gasteiger partial charge in [-0.2, -0.15) is 0 Å². The summed E-state index contributed by atoms with van der Waals surface area (Å²) >= 11 is 18.7. The molecule has 6 heteroatoms. The third kappa shape index (κ3) is 1.62. The first-order valence-corrected chi connectivity index (χ1v) is 6.68. The molecule has 0 spiro atoms. The van der Waals surface area contributed by atoms with E-state index in [9.17, 15) is 4.79 Å². The molecule has 1 heterocycles. The van der Waals surface area contributed by atoms with Crippen LogP contribution in [0, 0.1) is 0 Å². The molecule has 19 heavy (non-hydrogen) atoms. The summed E-state index contributed by atoms with van der Waals surface area (Å²) in [6.07, 6.45) is 0. The molecular weight excluding hydrogens is 307 g/mol.